The lowest BCUT2D eigenvalue weighted by atomic mass is 9.85. The summed E-state index contributed by atoms with van der Waals surface area (Å²) >= 11 is 0. The number of nitrogens with one attached hydrogen (secondary N) is 3. The molecule has 2 aliphatic heterocycles. The summed E-state index contributed by atoms with van der Waals surface area (Å²) in [6.45, 7) is 9.06. The highest BCUT2D eigenvalue weighted by Crippen LogP contribution is 2.46. The lowest BCUT2D eigenvalue weighted by Gasteiger charge is -2.35. The molecule has 2 aliphatic carbocycles. The minimum atomic E-state index is -3.92. The number of amides is 4. The zero-order valence-electron chi connectivity index (χ0n) is 29.7. The van der Waals surface area contributed by atoms with Crippen LogP contribution in [0.1, 0.15) is 70.9 Å². The number of aromatic nitrogens is 2. The number of carbonyl (C=O) groups is 4. The smallest absolute Gasteiger partial charge is 0.407 e. The Labute approximate surface area is 303 Å². The van der Waals surface area contributed by atoms with Crippen LogP contribution in [0.25, 0.3) is 11.1 Å². The molecule has 6 rings (SSSR count). The van der Waals surface area contributed by atoms with Crippen molar-refractivity contribution in [3.8, 4) is 11.1 Å². The number of sulfonamides is 1. The lowest BCUT2D eigenvalue weighted by Crippen LogP contribution is -2.60. The predicted molar refractivity (Wildman–Crippen MR) is 192 cm³/mol. The van der Waals surface area contributed by atoms with E-state index in [0.29, 0.717) is 43.2 Å². The average Bonchev–Trinajstić information content (AvgIpc) is 4.03. The fraction of sp³-hybridized carbons (Fsp3) is 0.514. The molecule has 4 amide bonds. The summed E-state index contributed by atoms with van der Waals surface area (Å²) in [5.74, 6) is -2.70. The van der Waals surface area contributed by atoms with Gasteiger partial charge in [-0.15, -0.1) is 6.58 Å². The molecule has 1 saturated heterocycles. The van der Waals surface area contributed by atoms with E-state index in [9.17, 15) is 32.4 Å². The van der Waals surface area contributed by atoms with E-state index < -0.39 is 74.1 Å². The number of rotatable bonds is 7. The van der Waals surface area contributed by atoms with Gasteiger partial charge in [-0.3, -0.25) is 23.9 Å². The van der Waals surface area contributed by atoms with Gasteiger partial charge in [-0.1, -0.05) is 69.3 Å². The molecule has 14 nitrogen and oxygen atoms in total. The highest BCUT2D eigenvalue weighted by molar-refractivity contribution is 7.91. The van der Waals surface area contributed by atoms with Crippen LogP contribution in [-0.4, -0.2) is 82.9 Å². The first-order valence-corrected chi connectivity index (χ1v) is 19.3. The Morgan fingerprint density at radius 3 is 2.50 bits per heavy atom. The van der Waals surface area contributed by atoms with Crippen molar-refractivity contribution in [1.82, 2.24) is 30.0 Å². The van der Waals surface area contributed by atoms with E-state index in [1.165, 1.54) is 15.7 Å². The van der Waals surface area contributed by atoms with Crippen LogP contribution >= 0.6 is 0 Å². The fourth-order valence-electron chi connectivity index (χ4n) is 6.99. The van der Waals surface area contributed by atoms with Gasteiger partial charge in [-0.2, -0.15) is 5.10 Å². The van der Waals surface area contributed by atoms with Gasteiger partial charge in [0.25, 0.3) is 11.5 Å². The van der Waals surface area contributed by atoms with Crippen molar-refractivity contribution in [2.45, 2.75) is 94.6 Å². The Morgan fingerprint density at radius 2 is 1.85 bits per heavy atom. The van der Waals surface area contributed by atoms with Crippen molar-refractivity contribution < 1.29 is 32.3 Å². The van der Waals surface area contributed by atoms with Gasteiger partial charge in [-0.25, -0.2) is 17.9 Å². The monoisotopic (exact) mass is 734 g/mol. The third-order valence-electron chi connectivity index (χ3n) is 10.3. The molecule has 4 bridgehead atoms. The summed E-state index contributed by atoms with van der Waals surface area (Å²) in [6.07, 6.45) is 8.52. The Balaban J connectivity index is 1.39. The number of benzene rings is 1. The number of allylic oxidation sites excluding steroid dienone is 2. The van der Waals surface area contributed by atoms with Gasteiger partial charge in [0.05, 0.1) is 24.1 Å². The summed E-state index contributed by atoms with van der Waals surface area (Å²) < 4.78 is 34.2. The second-order valence-electron chi connectivity index (χ2n) is 15.1. The van der Waals surface area contributed by atoms with E-state index in [1.54, 1.807) is 27.0 Å². The summed E-state index contributed by atoms with van der Waals surface area (Å²) in [5, 5.41) is 9.37. The molecular weight excluding hydrogens is 689 g/mol. The number of carbonyl (C=O) groups excluding carboxylic acids is 4. The molecular formula is C37H46N6O8S. The van der Waals surface area contributed by atoms with Gasteiger partial charge in [0.2, 0.25) is 21.8 Å². The van der Waals surface area contributed by atoms with Crippen molar-refractivity contribution in [2.24, 2.45) is 11.3 Å². The first-order chi connectivity index (χ1) is 24.7. The summed E-state index contributed by atoms with van der Waals surface area (Å²) in [7, 11) is -3.92. The normalized spacial score (nSPS) is 27.4. The van der Waals surface area contributed by atoms with Crippen LogP contribution in [0, 0.1) is 11.3 Å². The molecule has 5 atom stereocenters. The molecule has 0 radical (unpaired) electrons. The minimum absolute atomic E-state index is 0.0391. The number of ether oxygens (including phenoxy) is 1. The quantitative estimate of drug-likeness (QED) is 0.360. The Bertz CT molecular complexity index is 1950. The molecule has 3 heterocycles. The van der Waals surface area contributed by atoms with E-state index in [2.05, 4.69) is 27.0 Å². The van der Waals surface area contributed by atoms with Crippen LogP contribution in [0.15, 0.2) is 66.1 Å². The molecule has 1 aromatic carbocycles. The molecule has 3 N–H and O–H groups in total. The van der Waals surface area contributed by atoms with Gasteiger partial charge < -0.3 is 20.3 Å². The number of nitrogens with zero attached hydrogens (tertiary/aromatic N) is 3. The molecule has 278 valence electrons. The third-order valence-corrected chi connectivity index (χ3v) is 12.1. The summed E-state index contributed by atoms with van der Waals surface area (Å²) in [4.78, 5) is 70.8. The van der Waals surface area contributed by atoms with Crippen molar-refractivity contribution in [2.75, 3.05) is 13.2 Å². The van der Waals surface area contributed by atoms with Crippen LogP contribution in [-0.2, 0) is 35.6 Å². The number of alkyl carbamates (subject to hydrolysis) is 1. The van der Waals surface area contributed by atoms with E-state index in [4.69, 9.17) is 4.74 Å². The maximum Gasteiger partial charge on any atom is 0.407 e. The Hall–Kier alpha value is -4.79. The molecule has 15 heteroatoms. The van der Waals surface area contributed by atoms with Crippen molar-refractivity contribution >= 4 is 33.8 Å². The predicted octanol–water partition coefficient (Wildman–Crippen LogP) is 2.76. The molecule has 2 unspecified atom stereocenters. The van der Waals surface area contributed by atoms with Crippen LogP contribution in [0.5, 0.6) is 0 Å². The van der Waals surface area contributed by atoms with E-state index in [-0.39, 0.29) is 31.6 Å². The van der Waals surface area contributed by atoms with Crippen molar-refractivity contribution in [3.05, 3.63) is 77.3 Å². The largest absolute Gasteiger partial charge is 0.450 e. The molecule has 2 aromatic rings. The van der Waals surface area contributed by atoms with Crippen molar-refractivity contribution in [3.63, 3.8) is 0 Å². The Morgan fingerprint density at radius 1 is 1.12 bits per heavy atom. The van der Waals surface area contributed by atoms with Crippen LogP contribution in [0.3, 0.4) is 0 Å². The molecule has 2 saturated carbocycles. The minimum Gasteiger partial charge on any atom is -0.450 e. The molecule has 4 aliphatic rings. The summed E-state index contributed by atoms with van der Waals surface area (Å²) in [6, 6.07) is 6.32. The molecule has 3 fully saturated rings. The van der Waals surface area contributed by atoms with Crippen LogP contribution < -0.4 is 20.9 Å². The lowest BCUT2D eigenvalue weighted by molar-refractivity contribution is -0.142. The first kappa shape index (κ1) is 37.0. The van der Waals surface area contributed by atoms with E-state index in [1.807, 2.05) is 42.5 Å². The zero-order valence-corrected chi connectivity index (χ0v) is 30.5. The Kier molecular flexibility index (Phi) is 10.2. The maximum absolute atomic E-state index is 14.5. The van der Waals surface area contributed by atoms with Gasteiger partial charge in [-0.05, 0) is 49.5 Å². The second-order valence-corrected chi connectivity index (χ2v) is 17.1. The van der Waals surface area contributed by atoms with Gasteiger partial charge in [0.1, 0.15) is 17.6 Å². The topological polar surface area (TPSA) is 186 Å². The van der Waals surface area contributed by atoms with E-state index >= 15 is 0 Å². The van der Waals surface area contributed by atoms with E-state index in [0.717, 1.165) is 5.56 Å². The zero-order chi connectivity index (χ0) is 37.4. The highest BCUT2D eigenvalue weighted by atomic mass is 32.2. The number of fused-ring (bicyclic) bond motifs is 5. The number of hydrogen-bond acceptors (Lipinski definition) is 9. The van der Waals surface area contributed by atoms with Crippen molar-refractivity contribution in [1.29, 1.82) is 0 Å². The standard InChI is InChI=1S/C37H46N6O8S/c1-5-24-20-37(24,34(47)41-52(49,50)26-16-17-26)40-31(44)29-19-25-22-42(29)33(46)30(36(2,3)4)39-35(48)51-18-12-7-6-11-15-27-28(21-38-43(25)32(27)45)23-13-9-8-10-14-23/h5-6,8-11,13-14,21,24-26,29-30H,1,7,12,15-20,22H2,2-4H3,(H,39,48)(H,40,44)(H,41,47)/b11-6+/t24-,25?,29+,30-,37?/m1/s1. The van der Waals surface area contributed by atoms with Gasteiger partial charge in [0, 0.05) is 30.0 Å². The van der Waals surface area contributed by atoms with Crippen LogP contribution in [0.4, 0.5) is 4.79 Å². The SMILES string of the molecule is C=C[C@@H]1CC1(NC(=O)[C@@H]1CC2CN1C(=O)[C@H](C(C)(C)C)NC(=O)OCCC/C=C/Cc1c(-c3ccccc3)cnn2c1=O)C(=O)NS(=O)(=O)C1CC1. The van der Waals surface area contributed by atoms with Gasteiger partial charge in [0.15, 0.2) is 0 Å². The third kappa shape index (κ3) is 7.55. The highest BCUT2D eigenvalue weighted by Gasteiger charge is 2.62. The molecule has 0 spiro atoms. The summed E-state index contributed by atoms with van der Waals surface area (Å²) in [5.41, 5.74) is -0.815. The average molecular weight is 735 g/mol. The number of cyclic esters (lactones) is 1. The molecule has 1 aromatic heterocycles. The maximum atomic E-state index is 14.5. The van der Waals surface area contributed by atoms with Crippen LogP contribution in [0.2, 0.25) is 0 Å². The second kappa shape index (κ2) is 14.3. The number of hydrogen-bond donors (Lipinski definition) is 3. The molecule has 52 heavy (non-hydrogen) atoms. The first-order valence-electron chi connectivity index (χ1n) is 17.7. The fourth-order valence-corrected chi connectivity index (χ4v) is 8.35. The van der Waals surface area contributed by atoms with Gasteiger partial charge >= 0.3 is 6.09 Å².